The van der Waals surface area contributed by atoms with Gasteiger partial charge in [-0.15, -0.1) is 0 Å². The number of alkyl carbamates (subject to hydrolysis) is 1. The first-order valence-electron chi connectivity index (χ1n) is 9.70. The van der Waals surface area contributed by atoms with Crippen LogP contribution in [0.4, 0.5) is 4.79 Å². The fourth-order valence-corrected chi connectivity index (χ4v) is 3.03. The van der Waals surface area contributed by atoms with Gasteiger partial charge in [0.25, 0.3) is 0 Å². The first-order chi connectivity index (χ1) is 14.2. The number of hydrogen-bond donors (Lipinski definition) is 3. The summed E-state index contributed by atoms with van der Waals surface area (Å²) in [4.78, 5) is 28.2. The summed E-state index contributed by atoms with van der Waals surface area (Å²) in [6, 6.07) is 13.3. The lowest BCUT2D eigenvalue weighted by atomic mass is 10.0. The Kier molecular flexibility index (Phi) is 6.30. The Morgan fingerprint density at radius 1 is 1.13 bits per heavy atom. The van der Waals surface area contributed by atoms with Crippen LogP contribution in [-0.2, 0) is 27.3 Å². The van der Waals surface area contributed by atoms with E-state index in [1.54, 1.807) is 45.2 Å². The molecule has 1 heterocycles. The molecule has 0 bridgehead atoms. The molecule has 3 N–H and O–H groups in total. The van der Waals surface area contributed by atoms with Crippen LogP contribution in [0.15, 0.2) is 54.7 Å². The lowest BCUT2D eigenvalue weighted by Gasteiger charge is -2.23. The van der Waals surface area contributed by atoms with E-state index in [1.165, 1.54) is 0 Å². The maximum absolute atomic E-state index is 12.8. The second-order valence-corrected chi connectivity index (χ2v) is 8.04. The molecular weight excluding hydrogens is 384 g/mol. The lowest BCUT2D eigenvalue weighted by Crippen LogP contribution is -2.45. The number of phenols is 1. The van der Waals surface area contributed by atoms with Gasteiger partial charge in [0.05, 0.1) is 0 Å². The number of carbonyl (C=O) groups excluding carboxylic acids is 2. The van der Waals surface area contributed by atoms with Gasteiger partial charge in [-0.05, 0) is 50.1 Å². The number of fused-ring (bicyclic) bond motifs is 1. The SMILES string of the molecule is CC(C)(C)OC(=O)N[C@@H](Cc1c[nH]c2ccc(O)cc12)C(=O)OCc1ccccc1. The van der Waals surface area contributed by atoms with E-state index in [4.69, 9.17) is 9.47 Å². The third-order valence-corrected chi connectivity index (χ3v) is 4.37. The number of benzene rings is 2. The van der Waals surface area contributed by atoms with Crippen LogP contribution in [0, 0.1) is 0 Å². The van der Waals surface area contributed by atoms with Crippen LogP contribution in [0.5, 0.6) is 5.75 Å². The van der Waals surface area contributed by atoms with Crippen molar-refractivity contribution in [2.24, 2.45) is 0 Å². The molecule has 1 aromatic heterocycles. The molecule has 0 fully saturated rings. The van der Waals surface area contributed by atoms with Gasteiger partial charge < -0.3 is 24.9 Å². The number of H-pyrrole nitrogens is 1. The molecule has 0 aliphatic carbocycles. The van der Waals surface area contributed by atoms with Gasteiger partial charge in [0.15, 0.2) is 0 Å². The summed E-state index contributed by atoms with van der Waals surface area (Å²) in [5.41, 5.74) is 1.73. The molecule has 30 heavy (non-hydrogen) atoms. The van der Waals surface area contributed by atoms with E-state index < -0.39 is 23.7 Å². The van der Waals surface area contributed by atoms with Crippen molar-refractivity contribution in [3.63, 3.8) is 0 Å². The zero-order valence-electron chi connectivity index (χ0n) is 17.3. The Balaban J connectivity index is 1.78. The van der Waals surface area contributed by atoms with E-state index in [-0.39, 0.29) is 18.8 Å². The number of nitrogens with one attached hydrogen (secondary N) is 2. The van der Waals surface area contributed by atoms with Crippen LogP contribution < -0.4 is 5.32 Å². The van der Waals surface area contributed by atoms with E-state index >= 15 is 0 Å². The number of rotatable bonds is 6. The van der Waals surface area contributed by atoms with Crippen molar-refractivity contribution in [2.75, 3.05) is 0 Å². The van der Waals surface area contributed by atoms with Crippen molar-refractivity contribution in [3.05, 3.63) is 65.9 Å². The van der Waals surface area contributed by atoms with E-state index in [0.717, 1.165) is 22.0 Å². The largest absolute Gasteiger partial charge is 0.508 e. The summed E-state index contributed by atoms with van der Waals surface area (Å²) in [5.74, 6) is -0.453. The lowest BCUT2D eigenvalue weighted by molar-refractivity contribution is -0.147. The predicted octanol–water partition coefficient (Wildman–Crippen LogP) is 4.05. The second kappa shape index (κ2) is 8.90. The molecule has 0 radical (unpaired) electrons. The molecule has 158 valence electrons. The van der Waals surface area contributed by atoms with Crippen LogP contribution in [0.25, 0.3) is 10.9 Å². The molecule has 2 aromatic carbocycles. The van der Waals surface area contributed by atoms with Gasteiger partial charge in [0.1, 0.15) is 24.0 Å². The first kappa shape index (κ1) is 21.2. The highest BCUT2D eigenvalue weighted by Gasteiger charge is 2.27. The molecule has 0 spiro atoms. The molecule has 3 aromatic rings. The molecule has 3 rings (SSSR count). The fraction of sp³-hybridized carbons (Fsp3) is 0.304. The number of ether oxygens (including phenoxy) is 2. The van der Waals surface area contributed by atoms with Crippen LogP contribution in [-0.4, -0.2) is 33.8 Å². The summed E-state index contributed by atoms with van der Waals surface area (Å²) >= 11 is 0. The number of hydrogen-bond acceptors (Lipinski definition) is 5. The average Bonchev–Trinajstić information content (AvgIpc) is 3.07. The molecule has 1 amide bonds. The quantitative estimate of drug-likeness (QED) is 0.532. The zero-order chi connectivity index (χ0) is 21.7. The summed E-state index contributed by atoms with van der Waals surface area (Å²) in [5, 5.41) is 13.2. The summed E-state index contributed by atoms with van der Waals surface area (Å²) in [6.07, 6.45) is 1.22. The molecule has 0 aliphatic heterocycles. The Morgan fingerprint density at radius 2 is 1.87 bits per heavy atom. The number of carbonyl (C=O) groups is 2. The van der Waals surface area contributed by atoms with Crippen molar-refractivity contribution in [2.45, 2.75) is 45.4 Å². The molecule has 7 nitrogen and oxygen atoms in total. The van der Waals surface area contributed by atoms with Crippen LogP contribution in [0.2, 0.25) is 0 Å². The first-order valence-corrected chi connectivity index (χ1v) is 9.70. The highest BCUT2D eigenvalue weighted by atomic mass is 16.6. The Hall–Kier alpha value is -3.48. The van der Waals surface area contributed by atoms with Crippen molar-refractivity contribution in [1.29, 1.82) is 0 Å². The third kappa shape index (κ3) is 5.76. The van der Waals surface area contributed by atoms with Crippen LogP contribution in [0.3, 0.4) is 0 Å². The van der Waals surface area contributed by atoms with E-state index in [2.05, 4.69) is 10.3 Å². The van der Waals surface area contributed by atoms with Gasteiger partial charge in [-0.2, -0.15) is 0 Å². The van der Waals surface area contributed by atoms with E-state index in [9.17, 15) is 14.7 Å². The molecule has 0 saturated carbocycles. The minimum absolute atomic E-state index is 0.0981. The van der Waals surface area contributed by atoms with Crippen molar-refractivity contribution in [1.82, 2.24) is 10.3 Å². The highest BCUT2D eigenvalue weighted by molar-refractivity contribution is 5.87. The van der Waals surface area contributed by atoms with Gasteiger partial charge in [-0.25, -0.2) is 9.59 Å². The van der Waals surface area contributed by atoms with Gasteiger partial charge >= 0.3 is 12.1 Å². The molecule has 0 aliphatic rings. The molecule has 0 unspecified atom stereocenters. The number of aromatic amines is 1. The van der Waals surface area contributed by atoms with E-state index in [1.807, 2.05) is 30.3 Å². The minimum Gasteiger partial charge on any atom is -0.508 e. The normalized spacial score (nSPS) is 12.4. The summed E-state index contributed by atoms with van der Waals surface area (Å²) in [6.45, 7) is 5.34. The topological polar surface area (TPSA) is 101 Å². The number of phenolic OH excluding ortho intramolecular Hbond substituents is 1. The maximum atomic E-state index is 12.8. The predicted molar refractivity (Wildman–Crippen MR) is 113 cm³/mol. The average molecular weight is 410 g/mol. The Bertz CT molecular complexity index is 1020. The molecule has 7 heteroatoms. The molecular formula is C23H26N2O5. The molecule has 0 saturated heterocycles. The summed E-state index contributed by atoms with van der Waals surface area (Å²) < 4.78 is 10.7. The fourth-order valence-electron chi connectivity index (χ4n) is 3.03. The van der Waals surface area contributed by atoms with Gasteiger partial charge in [0.2, 0.25) is 0 Å². The Morgan fingerprint density at radius 3 is 2.57 bits per heavy atom. The zero-order valence-corrected chi connectivity index (χ0v) is 17.3. The number of esters is 1. The molecule has 1 atom stereocenters. The van der Waals surface area contributed by atoms with E-state index in [0.29, 0.717) is 0 Å². The summed E-state index contributed by atoms with van der Waals surface area (Å²) in [7, 11) is 0. The van der Waals surface area contributed by atoms with Gasteiger partial charge in [-0.1, -0.05) is 30.3 Å². The van der Waals surface area contributed by atoms with Crippen LogP contribution >= 0.6 is 0 Å². The van der Waals surface area contributed by atoms with Gasteiger partial charge in [-0.3, -0.25) is 0 Å². The standard InChI is InChI=1S/C23H26N2O5/c1-23(2,3)30-22(28)25-20(21(27)29-14-15-7-5-4-6-8-15)11-16-13-24-19-10-9-17(26)12-18(16)19/h4-10,12-13,20,24,26H,11,14H2,1-3H3,(H,25,28)/t20-/m0/s1. The second-order valence-electron chi connectivity index (χ2n) is 8.04. The highest BCUT2D eigenvalue weighted by Crippen LogP contribution is 2.24. The minimum atomic E-state index is -0.954. The number of aromatic hydroxyl groups is 1. The number of amides is 1. The number of aromatic nitrogens is 1. The van der Waals surface area contributed by atoms with Gasteiger partial charge in [0, 0.05) is 23.5 Å². The monoisotopic (exact) mass is 410 g/mol. The van der Waals surface area contributed by atoms with Crippen molar-refractivity contribution < 1.29 is 24.2 Å². The van der Waals surface area contributed by atoms with Crippen LogP contribution in [0.1, 0.15) is 31.9 Å². The van der Waals surface area contributed by atoms with Crippen molar-refractivity contribution in [3.8, 4) is 5.75 Å². The third-order valence-electron chi connectivity index (χ3n) is 4.37. The Labute approximate surface area is 175 Å². The van der Waals surface area contributed by atoms with Crippen molar-refractivity contribution >= 4 is 23.0 Å². The smallest absolute Gasteiger partial charge is 0.408 e. The maximum Gasteiger partial charge on any atom is 0.408 e.